The first-order chi connectivity index (χ1) is 12.2. The molecule has 9 heteroatoms. The number of hydrogen-bond acceptors (Lipinski definition) is 6. The molecule has 2 aromatic rings. The summed E-state index contributed by atoms with van der Waals surface area (Å²) < 4.78 is 25.8. The number of amides is 1. The van der Waals surface area contributed by atoms with Crippen LogP contribution >= 0.6 is 0 Å². The van der Waals surface area contributed by atoms with E-state index in [9.17, 15) is 28.2 Å². The maximum absolute atomic E-state index is 12.6. The molecule has 26 heavy (non-hydrogen) atoms. The number of aliphatic hydroxyl groups excluding tert-OH is 1. The van der Waals surface area contributed by atoms with Crippen LogP contribution in [0.2, 0.25) is 0 Å². The summed E-state index contributed by atoms with van der Waals surface area (Å²) in [6.45, 7) is 0. The number of carbonyl (C=O) groups excluding carboxylic acids is 1. The predicted octanol–water partition coefficient (Wildman–Crippen LogP) is 1.25. The molecule has 3 rings (SSSR count). The minimum absolute atomic E-state index is 0.000401. The number of aromatic hydroxyl groups is 1. The van der Waals surface area contributed by atoms with Crippen LogP contribution < -0.4 is 10.7 Å². The Bertz CT molecular complexity index is 1110. The Morgan fingerprint density at radius 3 is 2.42 bits per heavy atom. The number of aliphatic hydroxyl groups is 1. The van der Waals surface area contributed by atoms with Crippen LogP contribution in [0.15, 0.2) is 63.9 Å². The van der Waals surface area contributed by atoms with E-state index >= 15 is 0 Å². The molecule has 0 aliphatic carbocycles. The van der Waals surface area contributed by atoms with Crippen molar-refractivity contribution >= 4 is 27.4 Å². The Morgan fingerprint density at radius 1 is 1.04 bits per heavy atom. The molecule has 0 radical (unpaired) electrons. The molecule has 0 bridgehead atoms. The molecule has 0 saturated heterocycles. The summed E-state index contributed by atoms with van der Waals surface area (Å²) in [6.07, 6.45) is 0. The van der Waals surface area contributed by atoms with E-state index in [4.69, 9.17) is 0 Å². The summed E-state index contributed by atoms with van der Waals surface area (Å²) >= 11 is 0. The molecule has 0 saturated carbocycles. The van der Waals surface area contributed by atoms with Gasteiger partial charge in [0.1, 0.15) is 5.75 Å². The van der Waals surface area contributed by atoms with Gasteiger partial charge in [-0.2, -0.15) is 0 Å². The van der Waals surface area contributed by atoms with E-state index in [0.29, 0.717) is 4.31 Å². The zero-order valence-electron chi connectivity index (χ0n) is 13.5. The van der Waals surface area contributed by atoms with Gasteiger partial charge in [-0.3, -0.25) is 13.9 Å². The van der Waals surface area contributed by atoms with Gasteiger partial charge in [-0.05, 0) is 36.4 Å². The lowest BCUT2D eigenvalue weighted by Crippen LogP contribution is -2.37. The van der Waals surface area contributed by atoms with Crippen molar-refractivity contribution in [3.8, 4) is 5.75 Å². The Kier molecular flexibility index (Phi) is 4.17. The molecular weight excluding hydrogens is 360 g/mol. The Balaban J connectivity index is 2.10. The molecule has 3 N–H and O–H groups in total. The lowest BCUT2D eigenvalue weighted by Gasteiger charge is -2.28. The van der Waals surface area contributed by atoms with Gasteiger partial charge >= 0.3 is 0 Å². The summed E-state index contributed by atoms with van der Waals surface area (Å²) in [5, 5.41) is 22.6. The van der Waals surface area contributed by atoms with Crippen molar-refractivity contribution in [2.45, 2.75) is 4.90 Å². The Morgan fingerprint density at radius 2 is 1.69 bits per heavy atom. The van der Waals surface area contributed by atoms with Gasteiger partial charge in [0, 0.05) is 12.6 Å². The minimum Gasteiger partial charge on any atom is -0.506 e. The van der Waals surface area contributed by atoms with Crippen molar-refractivity contribution in [2.75, 3.05) is 12.4 Å². The van der Waals surface area contributed by atoms with Crippen molar-refractivity contribution in [3.63, 3.8) is 0 Å². The number of nitrogens with zero attached hydrogens (tertiary/aromatic N) is 1. The van der Waals surface area contributed by atoms with Crippen molar-refractivity contribution < 1.29 is 23.4 Å². The van der Waals surface area contributed by atoms with Gasteiger partial charge in [0.25, 0.3) is 15.9 Å². The molecule has 1 amide bonds. The van der Waals surface area contributed by atoms with Crippen LogP contribution in [0.1, 0.15) is 5.56 Å². The van der Waals surface area contributed by atoms with E-state index in [2.05, 4.69) is 5.32 Å². The number of benzene rings is 1. The normalized spacial score (nSPS) is 15.3. The standard InChI is InChI=1S/C17H14N2O6S/c1-19-15(16(22)11-4-2-3-5-14(11)26(19,24)25)17(23)18-12-8-6-10(20)7-9-13(12)21/h2-9,21-22H,1H3,(H,18,23). The Hall–Kier alpha value is -3.33. The van der Waals surface area contributed by atoms with E-state index in [1.807, 2.05) is 0 Å². The second-order valence-electron chi connectivity index (χ2n) is 5.49. The molecule has 1 aliphatic heterocycles. The smallest absolute Gasteiger partial charge is 0.276 e. The van der Waals surface area contributed by atoms with Crippen LogP contribution in [-0.4, -0.2) is 35.9 Å². The fourth-order valence-corrected chi connectivity index (χ4v) is 3.92. The average Bonchev–Trinajstić information content (AvgIpc) is 2.76. The van der Waals surface area contributed by atoms with Crippen LogP contribution in [0.3, 0.4) is 0 Å². The van der Waals surface area contributed by atoms with E-state index in [-0.39, 0.29) is 21.9 Å². The highest BCUT2D eigenvalue weighted by Gasteiger charge is 2.37. The third kappa shape index (κ3) is 2.78. The fraction of sp³-hybridized carbons (Fsp3) is 0.0588. The Labute approximate surface area is 148 Å². The van der Waals surface area contributed by atoms with Crippen molar-refractivity contribution in [2.24, 2.45) is 0 Å². The van der Waals surface area contributed by atoms with Gasteiger partial charge < -0.3 is 15.5 Å². The highest BCUT2D eigenvalue weighted by atomic mass is 32.2. The third-order valence-corrected chi connectivity index (χ3v) is 5.69. The first kappa shape index (κ1) is 17.5. The second kappa shape index (κ2) is 6.19. The second-order valence-corrected chi connectivity index (χ2v) is 7.43. The summed E-state index contributed by atoms with van der Waals surface area (Å²) in [6, 6.07) is 10.3. The number of anilines is 1. The minimum atomic E-state index is -4.03. The topological polar surface area (TPSA) is 124 Å². The molecule has 1 heterocycles. The summed E-state index contributed by atoms with van der Waals surface area (Å²) in [5.74, 6) is -1.86. The van der Waals surface area contributed by atoms with Gasteiger partial charge in [0.05, 0.1) is 10.6 Å². The number of nitrogens with one attached hydrogen (secondary N) is 1. The lowest BCUT2D eigenvalue weighted by molar-refractivity contribution is -0.113. The van der Waals surface area contributed by atoms with Crippen LogP contribution in [0.4, 0.5) is 5.69 Å². The molecule has 0 fully saturated rings. The summed E-state index contributed by atoms with van der Waals surface area (Å²) in [4.78, 5) is 23.8. The number of carbonyl (C=O) groups is 1. The van der Waals surface area contributed by atoms with Gasteiger partial charge in [-0.15, -0.1) is 0 Å². The maximum Gasteiger partial charge on any atom is 0.276 e. The number of sulfonamides is 1. The number of hydrogen-bond donors (Lipinski definition) is 3. The molecule has 134 valence electrons. The molecule has 0 spiro atoms. The van der Waals surface area contributed by atoms with Crippen LogP contribution in [0.25, 0.3) is 5.76 Å². The average molecular weight is 374 g/mol. The highest BCUT2D eigenvalue weighted by molar-refractivity contribution is 7.89. The van der Waals surface area contributed by atoms with Crippen molar-refractivity contribution in [1.29, 1.82) is 0 Å². The summed E-state index contributed by atoms with van der Waals surface area (Å²) in [5.41, 5.74) is -1.01. The third-order valence-electron chi connectivity index (χ3n) is 3.88. The zero-order chi connectivity index (χ0) is 19.1. The van der Waals surface area contributed by atoms with Crippen LogP contribution in [0, 0.1) is 0 Å². The van der Waals surface area contributed by atoms with Crippen molar-refractivity contribution in [1.82, 2.24) is 4.31 Å². The molecule has 1 aliphatic rings. The number of fused-ring (bicyclic) bond motifs is 1. The fourth-order valence-electron chi connectivity index (χ4n) is 2.53. The van der Waals surface area contributed by atoms with Gasteiger partial charge in [-0.1, -0.05) is 12.1 Å². The number of likely N-dealkylation sites (N-methyl/N-ethyl adjacent to an activating group) is 1. The van der Waals surface area contributed by atoms with Gasteiger partial charge in [0.2, 0.25) is 0 Å². The largest absolute Gasteiger partial charge is 0.506 e. The van der Waals surface area contributed by atoms with E-state index < -0.39 is 32.8 Å². The lowest BCUT2D eigenvalue weighted by atomic mass is 10.1. The van der Waals surface area contributed by atoms with E-state index in [0.717, 1.165) is 25.2 Å². The maximum atomic E-state index is 12.6. The first-order valence-electron chi connectivity index (χ1n) is 7.40. The molecule has 0 unspecified atom stereocenters. The monoisotopic (exact) mass is 374 g/mol. The quantitative estimate of drug-likeness (QED) is 0.727. The van der Waals surface area contributed by atoms with E-state index in [1.165, 1.54) is 30.3 Å². The van der Waals surface area contributed by atoms with Gasteiger partial charge in [-0.25, -0.2) is 8.42 Å². The van der Waals surface area contributed by atoms with Crippen LogP contribution in [0.5, 0.6) is 5.75 Å². The number of rotatable bonds is 2. The zero-order valence-corrected chi connectivity index (χ0v) is 14.3. The molecule has 2 aromatic carbocycles. The van der Waals surface area contributed by atoms with Crippen molar-refractivity contribution in [3.05, 3.63) is 70.0 Å². The first-order valence-corrected chi connectivity index (χ1v) is 8.84. The van der Waals surface area contributed by atoms with Crippen LogP contribution in [-0.2, 0) is 14.8 Å². The molecule has 0 aromatic heterocycles. The molecule has 8 nitrogen and oxygen atoms in total. The predicted molar refractivity (Wildman–Crippen MR) is 93.9 cm³/mol. The molecular formula is C17H14N2O6S. The van der Waals surface area contributed by atoms with E-state index in [1.54, 1.807) is 0 Å². The SMILES string of the molecule is CN1C(C(=O)Nc2ccc(=O)ccc2O)=C(O)c2ccccc2S1(=O)=O. The summed E-state index contributed by atoms with van der Waals surface area (Å²) in [7, 11) is -2.89. The highest BCUT2D eigenvalue weighted by Crippen LogP contribution is 2.35. The molecule has 0 atom stereocenters. The van der Waals surface area contributed by atoms with Gasteiger partial charge in [0.15, 0.2) is 16.9 Å².